The number of nitrogens with zero attached hydrogens (tertiary/aromatic N) is 3. The van der Waals surface area contributed by atoms with Crippen molar-refractivity contribution in [3.63, 3.8) is 0 Å². The highest BCUT2D eigenvalue weighted by Crippen LogP contribution is 2.28. The Morgan fingerprint density at radius 2 is 1.88 bits per heavy atom. The van der Waals surface area contributed by atoms with Gasteiger partial charge in [-0.3, -0.25) is 5.10 Å². The standard InChI is InChI=1S/C19H17F2N5/c1-11-7-19(25-24-11)23-16-9-18-17(8-15(16)21)22-10-26(18)12(2)13-3-5-14(20)6-4-13/h3-10,12H,1-2H3,(H2,23,24,25)/t12-/m0/s1. The number of imidazole rings is 1. The van der Waals surface area contributed by atoms with Gasteiger partial charge in [-0.05, 0) is 37.6 Å². The molecule has 0 saturated heterocycles. The van der Waals surface area contributed by atoms with Crippen molar-refractivity contribution in [3.8, 4) is 0 Å². The molecule has 0 aliphatic heterocycles. The smallest absolute Gasteiger partial charge is 0.152 e. The highest BCUT2D eigenvalue weighted by molar-refractivity contribution is 5.81. The van der Waals surface area contributed by atoms with Crippen molar-refractivity contribution < 1.29 is 8.78 Å². The SMILES string of the molecule is Cc1cc(Nc2cc3c(cc2F)ncn3[C@@H](C)c2ccc(F)cc2)n[nH]1. The summed E-state index contributed by atoms with van der Waals surface area (Å²) in [5.41, 5.74) is 3.46. The number of aryl methyl sites for hydroxylation is 1. The molecule has 4 aromatic rings. The maximum atomic E-state index is 14.4. The number of hydrogen-bond donors (Lipinski definition) is 2. The molecule has 0 radical (unpaired) electrons. The molecule has 0 amide bonds. The van der Waals surface area contributed by atoms with Gasteiger partial charge in [-0.2, -0.15) is 5.10 Å². The Balaban J connectivity index is 1.74. The second-order valence-corrected chi connectivity index (χ2v) is 6.26. The Morgan fingerprint density at radius 1 is 1.12 bits per heavy atom. The van der Waals surface area contributed by atoms with Gasteiger partial charge in [-0.15, -0.1) is 0 Å². The molecule has 0 saturated carbocycles. The highest BCUT2D eigenvalue weighted by Gasteiger charge is 2.15. The van der Waals surface area contributed by atoms with Crippen LogP contribution in [0, 0.1) is 18.6 Å². The van der Waals surface area contributed by atoms with E-state index in [1.807, 2.05) is 18.4 Å². The van der Waals surface area contributed by atoms with Gasteiger partial charge in [0.1, 0.15) is 11.6 Å². The lowest BCUT2D eigenvalue weighted by molar-refractivity contribution is 0.619. The Labute approximate surface area is 148 Å². The molecule has 0 aliphatic rings. The van der Waals surface area contributed by atoms with E-state index in [-0.39, 0.29) is 11.9 Å². The fourth-order valence-corrected chi connectivity index (χ4v) is 2.97. The van der Waals surface area contributed by atoms with E-state index in [9.17, 15) is 8.78 Å². The lowest BCUT2D eigenvalue weighted by Crippen LogP contribution is -2.06. The molecule has 26 heavy (non-hydrogen) atoms. The first kappa shape index (κ1) is 16.3. The average molecular weight is 353 g/mol. The van der Waals surface area contributed by atoms with Gasteiger partial charge in [0.05, 0.1) is 29.1 Å². The van der Waals surface area contributed by atoms with E-state index in [0.29, 0.717) is 17.0 Å². The summed E-state index contributed by atoms with van der Waals surface area (Å²) < 4.78 is 29.5. The Bertz CT molecular complexity index is 1070. The third-order valence-corrected chi connectivity index (χ3v) is 4.40. The summed E-state index contributed by atoms with van der Waals surface area (Å²) >= 11 is 0. The highest BCUT2D eigenvalue weighted by atomic mass is 19.1. The topological polar surface area (TPSA) is 58.5 Å². The minimum absolute atomic E-state index is 0.0773. The van der Waals surface area contributed by atoms with Gasteiger partial charge in [-0.1, -0.05) is 12.1 Å². The van der Waals surface area contributed by atoms with Crippen LogP contribution in [0.3, 0.4) is 0 Å². The van der Waals surface area contributed by atoms with Gasteiger partial charge in [0.25, 0.3) is 0 Å². The predicted molar refractivity (Wildman–Crippen MR) is 96.5 cm³/mol. The van der Waals surface area contributed by atoms with E-state index >= 15 is 0 Å². The van der Waals surface area contributed by atoms with E-state index < -0.39 is 5.82 Å². The molecule has 4 rings (SSSR count). The number of benzene rings is 2. The average Bonchev–Trinajstić information content (AvgIpc) is 3.21. The molecule has 2 aromatic heterocycles. The molecule has 0 bridgehead atoms. The monoisotopic (exact) mass is 353 g/mol. The quantitative estimate of drug-likeness (QED) is 0.559. The number of hydrogen-bond acceptors (Lipinski definition) is 3. The molecular formula is C19H17F2N5. The number of aromatic amines is 1. The molecule has 1 atom stereocenters. The summed E-state index contributed by atoms with van der Waals surface area (Å²) in [6.07, 6.45) is 1.67. The van der Waals surface area contributed by atoms with E-state index in [0.717, 1.165) is 16.8 Å². The minimum atomic E-state index is -0.405. The van der Waals surface area contributed by atoms with Crippen LogP contribution in [0.4, 0.5) is 20.3 Å². The number of halogens is 2. The Hall–Kier alpha value is -3.22. The maximum absolute atomic E-state index is 14.4. The van der Waals surface area contributed by atoms with Crippen LogP contribution in [0.1, 0.15) is 24.2 Å². The van der Waals surface area contributed by atoms with Gasteiger partial charge < -0.3 is 9.88 Å². The van der Waals surface area contributed by atoms with Gasteiger partial charge in [-0.25, -0.2) is 13.8 Å². The molecule has 2 N–H and O–H groups in total. The van der Waals surface area contributed by atoms with Crippen molar-refractivity contribution in [1.29, 1.82) is 0 Å². The molecule has 0 aliphatic carbocycles. The van der Waals surface area contributed by atoms with Crippen LogP contribution in [-0.4, -0.2) is 19.7 Å². The molecule has 7 heteroatoms. The first-order valence-corrected chi connectivity index (χ1v) is 8.22. The van der Waals surface area contributed by atoms with Crippen LogP contribution < -0.4 is 5.32 Å². The number of anilines is 2. The normalized spacial score (nSPS) is 12.5. The van der Waals surface area contributed by atoms with Crippen molar-refractivity contribution in [3.05, 3.63) is 71.7 Å². The summed E-state index contributed by atoms with van der Waals surface area (Å²) in [6, 6.07) is 11.2. The number of nitrogens with one attached hydrogen (secondary N) is 2. The number of aromatic nitrogens is 4. The van der Waals surface area contributed by atoms with E-state index in [1.165, 1.54) is 18.2 Å². The van der Waals surface area contributed by atoms with Crippen LogP contribution in [-0.2, 0) is 0 Å². The summed E-state index contributed by atoms with van der Waals surface area (Å²) in [5.74, 6) is -0.143. The van der Waals surface area contributed by atoms with Gasteiger partial charge in [0.2, 0.25) is 0 Å². The summed E-state index contributed by atoms with van der Waals surface area (Å²) in [7, 11) is 0. The molecule has 2 aromatic carbocycles. The molecule has 0 unspecified atom stereocenters. The van der Waals surface area contributed by atoms with Crippen molar-refractivity contribution in [2.45, 2.75) is 19.9 Å². The zero-order chi connectivity index (χ0) is 18.3. The maximum Gasteiger partial charge on any atom is 0.152 e. The molecule has 0 fully saturated rings. The fraction of sp³-hybridized carbons (Fsp3) is 0.158. The lowest BCUT2D eigenvalue weighted by atomic mass is 10.1. The molecule has 132 valence electrons. The molecule has 0 spiro atoms. The summed E-state index contributed by atoms with van der Waals surface area (Å²) in [5, 5.41) is 9.87. The lowest BCUT2D eigenvalue weighted by Gasteiger charge is -2.15. The van der Waals surface area contributed by atoms with Crippen LogP contribution in [0.5, 0.6) is 0 Å². The zero-order valence-electron chi connectivity index (χ0n) is 14.3. The summed E-state index contributed by atoms with van der Waals surface area (Å²) in [6.45, 7) is 3.86. The Kier molecular flexibility index (Phi) is 3.91. The first-order chi connectivity index (χ1) is 12.5. The van der Waals surface area contributed by atoms with Crippen molar-refractivity contribution in [1.82, 2.24) is 19.7 Å². The van der Waals surface area contributed by atoms with Crippen molar-refractivity contribution >= 4 is 22.5 Å². The number of H-pyrrole nitrogens is 1. The van der Waals surface area contributed by atoms with E-state index in [4.69, 9.17) is 0 Å². The van der Waals surface area contributed by atoms with Crippen LogP contribution in [0.2, 0.25) is 0 Å². The van der Waals surface area contributed by atoms with Gasteiger partial charge >= 0.3 is 0 Å². The minimum Gasteiger partial charge on any atom is -0.336 e. The van der Waals surface area contributed by atoms with E-state index in [2.05, 4.69) is 20.5 Å². The van der Waals surface area contributed by atoms with Crippen LogP contribution in [0.25, 0.3) is 11.0 Å². The zero-order valence-corrected chi connectivity index (χ0v) is 14.3. The third-order valence-electron chi connectivity index (χ3n) is 4.40. The van der Waals surface area contributed by atoms with Gasteiger partial charge in [0, 0.05) is 17.8 Å². The second kappa shape index (κ2) is 6.25. The Morgan fingerprint density at radius 3 is 2.58 bits per heavy atom. The van der Waals surface area contributed by atoms with Crippen molar-refractivity contribution in [2.75, 3.05) is 5.32 Å². The molecule has 2 heterocycles. The largest absolute Gasteiger partial charge is 0.336 e. The molecular weight excluding hydrogens is 336 g/mol. The van der Waals surface area contributed by atoms with Gasteiger partial charge in [0.15, 0.2) is 5.82 Å². The third kappa shape index (κ3) is 2.92. The van der Waals surface area contributed by atoms with Crippen LogP contribution in [0.15, 0.2) is 48.8 Å². The fourth-order valence-electron chi connectivity index (χ4n) is 2.97. The van der Waals surface area contributed by atoms with E-state index in [1.54, 1.807) is 30.6 Å². The second-order valence-electron chi connectivity index (χ2n) is 6.26. The first-order valence-electron chi connectivity index (χ1n) is 8.22. The number of rotatable bonds is 4. The predicted octanol–water partition coefficient (Wildman–Crippen LogP) is 4.70. The van der Waals surface area contributed by atoms with Crippen molar-refractivity contribution in [2.24, 2.45) is 0 Å². The summed E-state index contributed by atoms with van der Waals surface area (Å²) in [4.78, 5) is 4.30. The number of fused-ring (bicyclic) bond motifs is 1. The molecule has 5 nitrogen and oxygen atoms in total. The van der Waals surface area contributed by atoms with Crippen LogP contribution >= 0.6 is 0 Å².